The van der Waals surface area contributed by atoms with Crippen molar-refractivity contribution in [3.8, 4) is 67.9 Å². The third kappa shape index (κ3) is 5.52. The van der Waals surface area contributed by atoms with Gasteiger partial charge in [-0.1, -0.05) is 152 Å². The lowest BCUT2D eigenvalue weighted by atomic mass is 10.0. The second-order valence-corrected chi connectivity index (χ2v) is 14.7. The maximum Gasteiger partial charge on any atom is 0.180 e. The first kappa shape index (κ1) is 32.1. The van der Waals surface area contributed by atoms with Gasteiger partial charge in [0.15, 0.2) is 28.9 Å². The summed E-state index contributed by atoms with van der Waals surface area (Å²) in [5.74, 6) is 2.54. The highest BCUT2D eigenvalue weighted by Gasteiger charge is 2.21. The van der Waals surface area contributed by atoms with Crippen LogP contribution in [0, 0.1) is 0 Å². The Morgan fingerprint density at radius 1 is 0.375 bits per heavy atom. The average Bonchev–Trinajstić information content (AvgIpc) is 3.85. The summed E-state index contributed by atoms with van der Waals surface area (Å²) in [6.07, 6.45) is 0. The molecule has 6 nitrogen and oxygen atoms in total. The maximum absolute atomic E-state index is 6.46. The molecule has 0 spiro atoms. The zero-order chi connectivity index (χ0) is 37.0. The van der Waals surface area contributed by atoms with E-state index < -0.39 is 0 Å². The van der Waals surface area contributed by atoms with Crippen LogP contribution in [0.5, 0.6) is 0 Å². The number of furan rings is 1. The van der Waals surface area contributed by atoms with Crippen molar-refractivity contribution in [3.05, 3.63) is 176 Å². The number of hydrogen-bond donors (Lipinski definition) is 0. The molecule has 4 heterocycles. The molecule has 11 rings (SSSR count). The molecule has 0 N–H and O–H groups in total. The first-order valence-corrected chi connectivity index (χ1v) is 19.2. The molecular weight excluding hydrogens is 707 g/mol. The molecule has 0 saturated carbocycles. The van der Waals surface area contributed by atoms with E-state index in [9.17, 15) is 0 Å². The Bertz CT molecular complexity index is 3230. The minimum absolute atomic E-state index is 0.625. The van der Waals surface area contributed by atoms with E-state index in [1.807, 2.05) is 84.9 Å². The van der Waals surface area contributed by atoms with Crippen molar-refractivity contribution in [3.63, 3.8) is 0 Å². The molecule has 0 aliphatic carbocycles. The molecule has 0 aliphatic rings. The quantitative estimate of drug-likeness (QED) is 0.169. The standard InChI is InChI=1S/C49H29N5OS/c1-4-13-30(14-5-1)31-23-25-34(26-24-31)48-52-47(33-17-8-3-9-18-33)53-49(54-48)38-20-12-22-40-42(38)37-28-27-35(29-41(37)56-40)43-45-44(36-19-10-11-21-39(36)55-45)51-46(50-43)32-15-6-2-7-16-32/h1-29H. The number of aromatic nitrogens is 5. The van der Waals surface area contributed by atoms with Gasteiger partial charge >= 0.3 is 0 Å². The van der Waals surface area contributed by atoms with E-state index in [1.165, 1.54) is 0 Å². The molecule has 7 heteroatoms. The predicted octanol–water partition coefficient (Wildman–Crippen LogP) is 12.9. The monoisotopic (exact) mass is 735 g/mol. The summed E-state index contributed by atoms with van der Waals surface area (Å²) in [7, 11) is 0. The fourth-order valence-corrected chi connectivity index (χ4v) is 8.62. The summed E-state index contributed by atoms with van der Waals surface area (Å²) >= 11 is 1.75. The van der Waals surface area contributed by atoms with Crippen molar-refractivity contribution < 1.29 is 4.42 Å². The van der Waals surface area contributed by atoms with E-state index in [4.69, 9.17) is 29.3 Å². The molecule has 56 heavy (non-hydrogen) atoms. The van der Waals surface area contributed by atoms with E-state index in [1.54, 1.807) is 11.3 Å². The fraction of sp³-hybridized carbons (Fsp3) is 0. The largest absolute Gasteiger partial charge is 0.452 e. The molecule has 4 aromatic heterocycles. The maximum atomic E-state index is 6.46. The van der Waals surface area contributed by atoms with Gasteiger partial charge in [-0.2, -0.15) is 0 Å². The third-order valence-electron chi connectivity index (χ3n) is 10.2. The van der Waals surface area contributed by atoms with Crippen LogP contribution in [-0.2, 0) is 0 Å². The van der Waals surface area contributed by atoms with Crippen molar-refractivity contribution in [2.24, 2.45) is 0 Å². The van der Waals surface area contributed by atoms with Crippen molar-refractivity contribution in [2.75, 3.05) is 0 Å². The van der Waals surface area contributed by atoms with Crippen LogP contribution in [0.15, 0.2) is 180 Å². The van der Waals surface area contributed by atoms with Gasteiger partial charge in [0.1, 0.15) is 16.8 Å². The Morgan fingerprint density at radius 2 is 0.929 bits per heavy atom. The SMILES string of the molecule is c1ccc(-c2ccc(-c3nc(-c4ccccc4)nc(-c4cccc5sc6cc(-c7nc(-c8ccccc8)nc8c7oc7ccccc78)ccc6c45)n3)cc2)cc1. The van der Waals surface area contributed by atoms with Crippen molar-refractivity contribution >= 4 is 53.6 Å². The highest BCUT2D eigenvalue weighted by molar-refractivity contribution is 7.26. The van der Waals surface area contributed by atoms with Gasteiger partial charge in [0.2, 0.25) is 0 Å². The Balaban J connectivity index is 1.07. The minimum atomic E-state index is 0.625. The molecule has 0 radical (unpaired) electrons. The third-order valence-corrected chi connectivity index (χ3v) is 11.3. The molecule has 7 aromatic carbocycles. The van der Waals surface area contributed by atoms with Crippen molar-refractivity contribution in [1.29, 1.82) is 0 Å². The van der Waals surface area contributed by atoms with E-state index in [-0.39, 0.29) is 0 Å². The number of benzene rings is 7. The van der Waals surface area contributed by atoms with Crippen LogP contribution < -0.4 is 0 Å². The van der Waals surface area contributed by atoms with Crippen LogP contribution in [0.2, 0.25) is 0 Å². The number of fused-ring (bicyclic) bond motifs is 6. The van der Waals surface area contributed by atoms with Crippen LogP contribution in [0.4, 0.5) is 0 Å². The van der Waals surface area contributed by atoms with E-state index >= 15 is 0 Å². The molecule has 0 bridgehead atoms. The number of rotatable bonds is 6. The van der Waals surface area contributed by atoms with Crippen LogP contribution in [0.25, 0.3) is 110 Å². The number of nitrogens with zero attached hydrogens (tertiary/aromatic N) is 5. The lowest BCUT2D eigenvalue weighted by Gasteiger charge is -2.10. The van der Waals surface area contributed by atoms with E-state index in [0.717, 1.165) is 81.3 Å². The minimum Gasteiger partial charge on any atom is -0.452 e. The predicted molar refractivity (Wildman–Crippen MR) is 228 cm³/mol. The number of para-hydroxylation sites is 1. The van der Waals surface area contributed by atoms with Gasteiger partial charge in [0.05, 0.1) is 0 Å². The summed E-state index contributed by atoms with van der Waals surface area (Å²) < 4.78 is 8.73. The van der Waals surface area contributed by atoms with Gasteiger partial charge in [-0.05, 0) is 35.4 Å². The van der Waals surface area contributed by atoms with Crippen LogP contribution in [0.1, 0.15) is 0 Å². The van der Waals surface area contributed by atoms with Gasteiger partial charge in [-0.25, -0.2) is 24.9 Å². The Hall–Kier alpha value is -7.35. The summed E-state index contributed by atoms with van der Waals surface area (Å²) in [6, 6.07) is 60.0. The lowest BCUT2D eigenvalue weighted by molar-refractivity contribution is 0.667. The van der Waals surface area contributed by atoms with E-state index in [2.05, 4.69) is 91.0 Å². The van der Waals surface area contributed by atoms with Gasteiger partial charge in [-0.15, -0.1) is 11.3 Å². The second kappa shape index (κ2) is 13.2. The lowest BCUT2D eigenvalue weighted by Crippen LogP contribution is -2.00. The van der Waals surface area contributed by atoms with Gasteiger partial charge in [-0.3, -0.25) is 0 Å². The molecular formula is C49H29N5OS. The van der Waals surface area contributed by atoms with Gasteiger partial charge in [0, 0.05) is 53.4 Å². The number of thiophene rings is 1. The first-order chi connectivity index (χ1) is 27.7. The van der Waals surface area contributed by atoms with Crippen LogP contribution in [-0.4, -0.2) is 24.9 Å². The van der Waals surface area contributed by atoms with Crippen molar-refractivity contribution in [2.45, 2.75) is 0 Å². The summed E-state index contributed by atoms with van der Waals surface area (Å²) in [5.41, 5.74) is 10.1. The molecule has 262 valence electrons. The zero-order valence-electron chi connectivity index (χ0n) is 29.8. The number of hydrogen-bond acceptors (Lipinski definition) is 7. The summed E-state index contributed by atoms with van der Waals surface area (Å²) in [4.78, 5) is 25.4. The summed E-state index contributed by atoms with van der Waals surface area (Å²) in [6.45, 7) is 0. The average molecular weight is 736 g/mol. The Labute approximate surface area is 325 Å². The molecule has 0 aliphatic heterocycles. The topological polar surface area (TPSA) is 77.6 Å². The molecule has 0 unspecified atom stereocenters. The Morgan fingerprint density at radius 3 is 1.64 bits per heavy atom. The first-order valence-electron chi connectivity index (χ1n) is 18.4. The molecule has 0 atom stereocenters. The second-order valence-electron chi connectivity index (χ2n) is 13.6. The molecule has 0 fully saturated rings. The van der Waals surface area contributed by atoms with Crippen molar-refractivity contribution in [1.82, 2.24) is 24.9 Å². The zero-order valence-corrected chi connectivity index (χ0v) is 30.6. The van der Waals surface area contributed by atoms with Gasteiger partial charge in [0.25, 0.3) is 0 Å². The smallest absolute Gasteiger partial charge is 0.180 e. The molecule has 0 saturated heterocycles. The highest BCUT2D eigenvalue weighted by atomic mass is 32.1. The summed E-state index contributed by atoms with van der Waals surface area (Å²) in [5, 5.41) is 3.20. The van der Waals surface area contributed by atoms with Crippen LogP contribution >= 0.6 is 11.3 Å². The normalized spacial score (nSPS) is 11.6. The molecule has 11 aromatic rings. The van der Waals surface area contributed by atoms with Crippen LogP contribution in [0.3, 0.4) is 0 Å². The molecule has 0 amide bonds. The van der Waals surface area contributed by atoms with Gasteiger partial charge < -0.3 is 4.42 Å². The fourth-order valence-electron chi connectivity index (χ4n) is 7.45. The highest BCUT2D eigenvalue weighted by Crippen LogP contribution is 2.43. The van der Waals surface area contributed by atoms with E-state index in [0.29, 0.717) is 28.9 Å². The Kier molecular flexibility index (Phi) is 7.57.